The number of aromatic nitrogens is 2. The molecule has 0 unspecified atom stereocenters. The predicted octanol–water partition coefficient (Wildman–Crippen LogP) is 2.63. The molecule has 0 atom stereocenters. The molecule has 1 aromatic heterocycles. The highest BCUT2D eigenvalue weighted by atomic mass is 16.4. The summed E-state index contributed by atoms with van der Waals surface area (Å²) in [5.41, 5.74) is 1.76. The molecule has 5 nitrogen and oxygen atoms in total. The summed E-state index contributed by atoms with van der Waals surface area (Å²) in [6, 6.07) is 0.168. The molecule has 5 heteroatoms. The van der Waals surface area contributed by atoms with Gasteiger partial charge in [-0.2, -0.15) is 4.98 Å². The smallest absolute Gasteiger partial charge is 0.348 e. The molecular formula is C16H24N2O3. The molecule has 0 bridgehead atoms. The van der Waals surface area contributed by atoms with Crippen LogP contribution in [0.25, 0.3) is 0 Å². The normalized spacial score (nSPS) is 22.2. The second kappa shape index (κ2) is 6.41. The molecule has 0 aliphatic heterocycles. The number of hydrogen-bond acceptors (Lipinski definition) is 3. The van der Waals surface area contributed by atoms with Crippen molar-refractivity contribution in [1.29, 1.82) is 0 Å². The van der Waals surface area contributed by atoms with E-state index in [0.717, 1.165) is 37.3 Å². The first-order valence-corrected chi connectivity index (χ1v) is 7.74. The van der Waals surface area contributed by atoms with Crippen LogP contribution in [0.3, 0.4) is 0 Å². The SMILES string of the molecule is CCC1CCC(n2c(C)c(CC(=O)O)c(C)nc2=O)CC1. The number of carboxylic acids is 1. The second-order valence-corrected chi connectivity index (χ2v) is 6.07. The van der Waals surface area contributed by atoms with Crippen LogP contribution in [0, 0.1) is 19.8 Å². The Hall–Kier alpha value is -1.65. The Bertz CT molecular complexity index is 584. The maximum atomic E-state index is 12.3. The standard InChI is InChI=1S/C16H24N2O3/c1-4-12-5-7-13(8-6-12)18-11(3)14(9-15(19)20)10(2)17-16(18)21/h12-13H,4-9H2,1-3H3,(H,19,20). The molecule has 2 rings (SSSR count). The molecule has 0 amide bonds. The van der Waals surface area contributed by atoms with Crippen LogP contribution in [0.2, 0.25) is 0 Å². The van der Waals surface area contributed by atoms with Crippen LogP contribution in [0.1, 0.15) is 62.0 Å². The fraction of sp³-hybridized carbons (Fsp3) is 0.688. The third-order valence-corrected chi connectivity index (χ3v) is 4.79. The fourth-order valence-electron chi connectivity index (χ4n) is 3.46. The van der Waals surface area contributed by atoms with Gasteiger partial charge in [-0.05, 0) is 45.4 Å². The van der Waals surface area contributed by atoms with Crippen LogP contribution >= 0.6 is 0 Å². The highest BCUT2D eigenvalue weighted by molar-refractivity contribution is 5.70. The Labute approximate surface area is 125 Å². The van der Waals surface area contributed by atoms with Crippen molar-refractivity contribution >= 4 is 5.97 Å². The van der Waals surface area contributed by atoms with E-state index in [4.69, 9.17) is 5.11 Å². The van der Waals surface area contributed by atoms with Crippen LogP contribution in [0.15, 0.2) is 4.79 Å². The van der Waals surface area contributed by atoms with E-state index < -0.39 is 5.97 Å². The van der Waals surface area contributed by atoms with E-state index in [9.17, 15) is 9.59 Å². The van der Waals surface area contributed by atoms with Crippen LogP contribution in [0.4, 0.5) is 0 Å². The van der Waals surface area contributed by atoms with Crippen molar-refractivity contribution in [3.8, 4) is 0 Å². The van der Waals surface area contributed by atoms with Crippen molar-refractivity contribution in [2.24, 2.45) is 5.92 Å². The zero-order valence-corrected chi connectivity index (χ0v) is 13.1. The first kappa shape index (κ1) is 15.7. The van der Waals surface area contributed by atoms with E-state index in [1.807, 2.05) is 6.92 Å². The lowest BCUT2D eigenvalue weighted by Gasteiger charge is -2.30. The molecule has 1 heterocycles. The van der Waals surface area contributed by atoms with Gasteiger partial charge in [-0.25, -0.2) is 4.79 Å². The summed E-state index contributed by atoms with van der Waals surface area (Å²) in [4.78, 5) is 27.3. The van der Waals surface area contributed by atoms with Gasteiger partial charge in [-0.1, -0.05) is 13.3 Å². The number of carboxylic acid groups (broad SMARTS) is 1. The van der Waals surface area contributed by atoms with Gasteiger partial charge in [0.15, 0.2) is 0 Å². The van der Waals surface area contributed by atoms with E-state index in [1.165, 1.54) is 6.42 Å². The number of aryl methyl sites for hydroxylation is 1. The van der Waals surface area contributed by atoms with E-state index in [2.05, 4.69) is 11.9 Å². The molecular weight excluding hydrogens is 268 g/mol. The minimum Gasteiger partial charge on any atom is -0.481 e. The molecule has 1 saturated carbocycles. The zero-order valence-electron chi connectivity index (χ0n) is 13.1. The summed E-state index contributed by atoms with van der Waals surface area (Å²) in [6.45, 7) is 5.77. The highest BCUT2D eigenvalue weighted by Crippen LogP contribution is 2.33. The zero-order chi connectivity index (χ0) is 15.6. The molecule has 1 N–H and O–H groups in total. The number of rotatable bonds is 4. The van der Waals surface area contributed by atoms with Crippen molar-refractivity contribution in [3.05, 3.63) is 27.4 Å². The molecule has 0 aromatic carbocycles. The van der Waals surface area contributed by atoms with E-state index in [1.54, 1.807) is 11.5 Å². The van der Waals surface area contributed by atoms with Crippen molar-refractivity contribution in [2.45, 2.75) is 65.3 Å². The molecule has 1 aliphatic rings. The highest BCUT2D eigenvalue weighted by Gasteiger charge is 2.25. The Morgan fingerprint density at radius 1 is 1.29 bits per heavy atom. The lowest BCUT2D eigenvalue weighted by molar-refractivity contribution is -0.136. The lowest BCUT2D eigenvalue weighted by Crippen LogP contribution is -2.33. The molecule has 0 radical (unpaired) electrons. The molecule has 21 heavy (non-hydrogen) atoms. The Balaban J connectivity index is 2.35. The predicted molar refractivity (Wildman–Crippen MR) is 80.6 cm³/mol. The lowest BCUT2D eigenvalue weighted by atomic mass is 9.84. The third-order valence-electron chi connectivity index (χ3n) is 4.79. The Morgan fingerprint density at radius 2 is 1.90 bits per heavy atom. The van der Waals surface area contributed by atoms with Gasteiger partial charge in [0.05, 0.1) is 6.42 Å². The van der Waals surface area contributed by atoms with Gasteiger partial charge < -0.3 is 5.11 Å². The van der Waals surface area contributed by atoms with Gasteiger partial charge in [-0.3, -0.25) is 9.36 Å². The first-order chi connectivity index (χ1) is 9.93. The van der Waals surface area contributed by atoms with Crippen LogP contribution in [-0.4, -0.2) is 20.6 Å². The van der Waals surface area contributed by atoms with Crippen LogP contribution in [0.5, 0.6) is 0 Å². The van der Waals surface area contributed by atoms with Crippen molar-refractivity contribution < 1.29 is 9.90 Å². The maximum Gasteiger partial charge on any atom is 0.348 e. The average Bonchev–Trinajstić information content (AvgIpc) is 2.44. The number of aliphatic carboxylic acids is 1. The molecule has 1 aliphatic carbocycles. The van der Waals surface area contributed by atoms with Crippen LogP contribution < -0.4 is 5.69 Å². The summed E-state index contributed by atoms with van der Waals surface area (Å²) in [6.07, 6.45) is 5.35. The molecule has 1 aromatic rings. The molecule has 1 fully saturated rings. The summed E-state index contributed by atoms with van der Waals surface area (Å²) >= 11 is 0. The summed E-state index contributed by atoms with van der Waals surface area (Å²) < 4.78 is 1.73. The van der Waals surface area contributed by atoms with Gasteiger partial charge in [0.1, 0.15) is 0 Å². The number of hydrogen-bond donors (Lipinski definition) is 1. The monoisotopic (exact) mass is 292 g/mol. The summed E-state index contributed by atoms with van der Waals surface area (Å²) in [5, 5.41) is 9.04. The van der Waals surface area contributed by atoms with E-state index in [0.29, 0.717) is 11.3 Å². The summed E-state index contributed by atoms with van der Waals surface area (Å²) in [7, 11) is 0. The molecule has 116 valence electrons. The topological polar surface area (TPSA) is 72.2 Å². The van der Waals surface area contributed by atoms with Gasteiger partial charge in [-0.15, -0.1) is 0 Å². The molecule has 0 saturated heterocycles. The van der Waals surface area contributed by atoms with Gasteiger partial charge in [0, 0.05) is 23.0 Å². The Morgan fingerprint density at radius 3 is 2.43 bits per heavy atom. The van der Waals surface area contributed by atoms with Crippen LogP contribution in [-0.2, 0) is 11.2 Å². The second-order valence-electron chi connectivity index (χ2n) is 6.07. The van der Waals surface area contributed by atoms with Crippen molar-refractivity contribution in [1.82, 2.24) is 9.55 Å². The minimum absolute atomic E-state index is 0.0742. The number of nitrogens with zero attached hydrogens (tertiary/aromatic N) is 2. The van der Waals surface area contributed by atoms with Gasteiger partial charge in [0.25, 0.3) is 0 Å². The van der Waals surface area contributed by atoms with Gasteiger partial charge in [0.2, 0.25) is 0 Å². The van der Waals surface area contributed by atoms with E-state index >= 15 is 0 Å². The minimum atomic E-state index is -0.886. The largest absolute Gasteiger partial charge is 0.481 e. The Kier molecular flexibility index (Phi) is 4.80. The summed E-state index contributed by atoms with van der Waals surface area (Å²) in [5.74, 6) is -0.128. The quantitative estimate of drug-likeness (QED) is 0.926. The average molecular weight is 292 g/mol. The number of carbonyl (C=O) groups is 1. The fourth-order valence-corrected chi connectivity index (χ4v) is 3.46. The van der Waals surface area contributed by atoms with Crippen molar-refractivity contribution in [2.75, 3.05) is 0 Å². The van der Waals surface area contributed by atoms with Crippen molar-refractivity contribution in [3.63, 3.8) is 0 Å². The first-order valence-electron chi connectivity index (χ1n) is 7.74. The van der Waals surface area contributed by atoms with E-state index in [-0.39, 0.29) is 18.2 Å². The molecule has 0 spiro atoms. The van der Waals surface area contributed by atoms with Gasteiger partial charge >= 0.3 is 11.7 Å². The third kappa shape index (κ3) is 3.34. The maximum absolute atomic E-state index is 12.3.